The van der Waals surface area contributed by atoms with E-state index in [0.29, 0.717) is 98.2 Å². The van der Waals surface area contributed by atoms with Crippen molar-refractivity contribution in [2.75, 3.05) is 28.4 Å². The summed E-state index contributed by atoms with van der Waals surface area (Å²) < 4.78 is 18.7. The molecular formula is C100H152O16. The van der Waals surface area contributed by atoms with Gasteiger partial charge in [-0.05, 0) is 171 Å². The van der Waals surface area contributed by atoms with Gasteiger partial charge in [0.15, 0.2) is 0 Å². The van der Waals surface area contributed by atoms with Crippen LogP contribution in [0.4, 0.5) is 0 Å². The second-order valence-corrected chi connectivity index (χ2v) is 33.7. The number of carbonyl (C=O) groups is 8. The molecule has 0 aromatic heterocycles. The highest BCUT2D eigenvalue weighted by Crippen LogP contribution is 2.45. The molecule has 4 N–H and O–H groups in total. The van der Waals surface area contributed by atoms with Gasteiger partial charge in [-0.25, -0.2) is 0 Å². The van der Waals surface area contributed by atoms with Gasteiger partial charge < -0.3 is 39.4 Å². The number of unbranched alkanes of at least 4 members (excludes halogenated alkanes) is 20. The van der Waals surface area contributed by atoms with Crippen molar-refractivity contribution in [1.29, 1.82) is 0 Å². The molecule has 16 nitrogen and oxygen atoms in total. The Hall–Kier alpha value is -6.72. The maximum atomic E-state index is 12.4. The minimum Gasteiger partial charge on any atom is -0.469 e. The van der Waals surface area contributed by atoms with Crippen molar-refractivity contribution < 1.29 is 77.7 Å². The van der Waals surface area contributed by atoms with Crippen LogP contribution in [0.25, 0.3) is 0 Å². The smallest absolute Gasteiger partial charge is 0.305 e. The summed E-state index contributed by atoms with van der Waals surface area (Å²) in [4.78, 5) is 94.3. The molecule has 4 fully saturated rings. The first-order valence-electron chi connectivity index (χ1n) is 45.8. The zero-order valence-corrected chi connectivity index (χ0v) is 72.8. The molecule has 4 aliphatic rings. The van der Waals surface area contributed by atoms with Gasteiger partial charge in [0, 0.05) is 75.0 Å². The van der Waals surface area contributed by atoms with E-state index >= 15 is 0 Å². The van der Waals surface area contributed by atoms with E-state index in [0.717, 1.165) is 279 Å². The third-order valence-electron chi connectivity index (χ3n) is 25.2. The molecule has 0 aliphatic heterocycles. The summed E-state index contributed by atoms with van der Waals surface area (Å²) in [5.74, 6) is 2.73. The van der Waals surface area contributed by atoms with E-state index in [2.05, 4.69) is 95.2 Å². The van der Waals surface area contributed by atoms with E-state index in [4.69, 9.17) is 0 Å². The summed E-state index contributed by atoms with van der Waals surface area (Å²) in [6.45, 7) is 8.68. The van der Waals surface area contributed by atoms with Gasteiger partial charge in [-0.2, -0.15) is 0 Å². The van der Waals surface area contributed by atoms with Crippen molar-refractivity contribution in [2.24, 2.45) is 23.7 Å². The molecular weight excluding hydrogens is 1460 g/mol. The number of rotatable bonds is 52. The van der Waals surface area contributed by atoms with Crippen LogP contribution in [0.5, 0.6) is 0 Å². The fourth-order valence-corrected chi connectivity index (χ4v) is 17.9. The highest BCUT2D eigenvalue weighted by molar-refractivity contribution is 5.86. The zero-order valence-electron chi connectivity index (χ0n) is 72.8. The van der Waals surface area contributed by atoms with E-state index in [-0.39, 0.29) is 72.0 Å². The number of ketones is 4. The van der Waals surface area contributed by atoms with Crippen LogP contribution in [-0.2, 0) is 57.3 Å². The molecule has 12 atom stereocenters. The Morgan fingerprint density at radius 2 is 0.457 bits per heavy atom. The summed E-state index contributed by atoms with van der Waals surface area (Å²) in [5, 5.41) is 41.4. The van der Waals surface area contributed by atoms with Crippen molar-refractivity contribution in [3.63, 3.8) is 0 Å². The van der Waals surface area contributed by atoms with Crippen LogP contribution >= 0.6 is 0 Å². The van der Waals surface area contributed by atoms with Crippen LogP contribution in [0.15, 0.2) is 97.1 Å². The van der Waals surface area contributed by atoms with Gasteiger partial charge in [-0.3, -0.25) is 38.4 Å². The lowest BCUT2D eigenvalue weighted by atomic mass is 9.84. The molecule has 1 unspecified atom stereocenters. The van der Waals surface area contributed by atoms with Crippen LogP contribution < -0.4 is 0 Å². The molecule has 0 amide bonds. The van der Waals surface area contributed by atoms with Gasteiger partial charge in [0.25, 0.3) is 0 Å². The van der Waals surface area contributed by atoms with E-state index in [1.54, 1.807) is 0 Å². The Kier molecular flexibility index (Phi) is 50.8. The zero-order chi connectivity index (χ0) is 84.2. The van der Waals surface area contributed by atoms with Gasteiger partial charge in [-0.15, -0.1) is 0 Å². The molecule has 116 heavy (non-hydrogen) atoms. The second-order valence-electron chi connectivity index (χ2n) is 33.7. The lowest BCUT2D eigenvalue weighted by molar-refractivity contribution is -0.141. The van der Waals surface area contributed by atoms with Crippen LogP contribution in [0.1, 0.15) is 428 Å². The van der Waals surface area contributed by atoms with E-state index in [1.165, 1.54) is 50.7 Å². The van der Waals surface area contributed by atoms with Crippen molar-refractivity contribution in [3.05, 3.63) is 142 Å². The summed E-state index contributed by atoms with van der Waals surface area (Å²) in [6, 6.07) is 33.3. The predicted octanol–water partition coefficient (Wildman–Crippen LogP) is 23.5. The molecule has 4 saturated carbocycles. The fourth-order valence-electron chi connectivity index (χ4n) is 17.9. The molecule has 0 spiro atoms. The lowest BCUT2D eigenvalue weighted by Gasteiger charge is -2.20. The number of methoxy groups -OCH3 is 4. The highest BCUT2D eigenvalue weighted by Gasteiger charge is 2.39. The average Bonchev–Trinajstić information content (AvgIpc) is 1.72. The number of Topliss-reactive ketones (excluding diaryl/α,β-unsaturated/α-hetero) is 4. The molecule has 4 aromatic carbocycles. The quantitative estimate of drug-likeness (QED) is 0.0182. The molecule has 648 valence electrons. The Balaban J connectivity index is 0.000000276. The first kappa shape index (κ1) is 99.8. The number of hydrogen-bond acceptors (Lipinski definition) is 16. The molecule has 4 aromatic rings. The van der Waals surface area contributed by atoms with Crippen LogP contribution in [0.3, 0.4) is 0 Å². The second kappa shape index (κ2) is 59.0. The molecule has 0 saturated heterocycles. The van der Waals surface area contributed by atoms with E-state index < -0.39 is 0 Å². The number of hydrogen-bond donors (Lipinski definition) is 4. The Morgan fingerprint density at radius 3 is 0.629 bits per heavy atom. The minimum absolute atomic E-state index is 0.121. The standard InChI is InChI=1S/4C25H38O4/c4*1-3-4-7-11-23(26)20-15-13-19(14-16-20)21-17-18-24(27)22(21)10-8-5-6-9-12-25(28)29-2/h4*13-16,21-23,26H,3-12,17-18H2,1-2H3/t21?,22-,23-;21-,22+,23+;21-,22+,23-;21-,22-,23+/m1010/s1. The number of benzene rings is 4. The molecule has 0 bridgehead atoms. The summed E-state index contributed by atoms with van der Waals surface area (Å²) >= 11 is 0. The maximum absolute atomic E-state index is 12.4. The SMILES string of the molecule is CCCCC[C@@H](O)c1ccc(C2CCC(=O)[C@@H]2CCCCCCC(=O)OC)cc1.CCCCC[C@@H](O)c1ccc([C@@H]2CCC(=O)[C@@H]2CCCCCCC(=O)OC)cc1.CCCCC[C@@H](O)c1ccc([C@@H]2CCC(=O)[C@H]2CCCCCCC(=O)OC)cc1.CCCCC[C@@H](O)c1ccc([C@H]2CCC(=O)[C@H]2CCCCCCC(=O)OC)cc1. The Morgan fingerprint density at radius 1 is 0.276 bits per heavy atom. The van der Waals surface area contributed by atoms with Crippen molar-refractivity contribution in [1.82, 2.24) is 0 Å². The molecule has 4 aliphatic carbocycles. The highest BCUT2D eigenvalue weighted by atomic mass is 16.5. The number of carbonyl (C=O) groups excluding carboxylic acids is 8. The molecule has 16 heteroatoms. The predicted molar refractivity (Wildman–Crippen MR) is 463 cm³/mol. The van der Waals surface area contributed by atoms with Crippen LogP contribution in [0, 0.1) is 23.7 Å². The van der Waals surface area contributed by atoms with Crippen LogP contribution in [-0.4, -0.2) is 95.9 Å². The van der Waals surface area contributed by atoms with Gasteiger partial charge >= 0.3 is 23.9 Å². The van der Waals surface area contributed by atoms with Gasteiger partial charge in [0.1, 0.15) is 23.1 Å². The van der Waals surface area contributed by atoms with Gasteiger partial charge in [-0.1, -0.05) is 279 Å². The van der Waals surface area contributed by atoms with Crippen molar-refractivity contribution >= 4 is 47.0 Å². The molecule has 0 heterocycles. The number of esters is 4. The topological polar surface area (TPSA) is 254 Å². The largest absolute Gasteiger partial charge is 0.469 e. The van der Waals surface area contributed by atoms with Crippen LogP contribution in [0.2, 0.25) is 0 Å². The minimum atomic E-state index is -0.387. The molecule has 8 rings (SSSR count). The fraction of sp³-hybridized carbons (Fsp3) is 0.680. The van der Waals surface area contributed by atoms with E-state index in [1.807, 2.05) is 48.5 Å². The number of aliphatic hydroxyl groups is 4. The first-order valence-corrected chi connectivity index (χ1v) is 45.8. The summed E-state index contributed by atoms with van der Waals surface area (Å²) in [7, 11) is 5.70. The monoisotopic (exact) mass is 1610 g/mol. The summed E-state index contributed by atoms with van der Waals surface area (Å²) in [6.07, 6.45) is 43.1. The Labute approximate surface area is 698 Å². The van der Waals surface area contributed by atoms with Gasteiger partial charge in [0.2, 0.25) is 0 Å². The van der Waals surface area contributed by atoms with Crippen molar-refractivity contribution in [2.45, 2.75) is 384 Å². The molecule has 0 radical (unpaired) electrons. The third kappa shape index (κ3) is 36.9. The maximum Gasteiger partial charge on any atom is 0.305 e. The third-order valence-corrected chi connectivity index (χ3v) is 25.2. The number of aliphatic hydroxyl groups excluding tert-OH is 4. The van der Waals surface area contributed by atoms with Gasteiger partial charge in [0.05, 0.1) is 52.9 Å². The summed E-state index contributed by atoms with van der Waals surface area (Å²) in [5.41, 5.74) is 8.86. The normalized spacial score (nSPS) is 20.0. The number of ether oxygens (including phenoxy) is 4. The average molecular weight is 1610 g/mol. The Bertz CT molecular complexity index is 2930. The van der Waals surface area contributed by atoms with E-state index in [9.17, 15) is 58.8 Å². The lowest BCUT2D eigenvalue weighted by Crippen LogP contribution is -2.13. The van der Waals surface area contributed by atoms with Crippen molar-refractivity contribution in [3.8, 4) is 0 Å². The first-order chi connectivity index (χ1) is 56.2.